The zero-order valence-electron chi connectivity index (χ0n) is 15.8. The number of imidazole rings is 1. The maximum absolute atomic E-state index is 4.78. The van der Waals surface area contributed by atoms with E-state index in [1.54, 1.807) is 6.20 Å². The van der Waals surface area contributed by atoms with E-state index in [1.807, 2.05) is 20.2 Å². The number of hydrogen-bond acceptors (Lipinski definition) is 4. The minimum Gasteiger partial charge on any atom is -0.378 e. The lowest BCUT2D eigenvalue weighted by Gasteiger charge is -2.14. The molecule has 0 fully saturated rings. The lowest BCUT2D eigenvalue weighted by atomic mass is 10.1. The number of hydrogen-bond donors (Lipinski definition) is 2. The predicted molar refractivity (Wildman–Crippen MR) is 112 cm³/mol. The highest BCUT2D eigenvalue weighted by Crippen LogP contribution is 2.25. The first kappa shape index (κ1) is 17.1. The number of nitrogens with zero attached hydrogens (tertiary/aromatic N) is 3. The summed E-state index contributed by atoms with van der Waals surface area (Å²) in [4.78, 5) is 14.8. The Balaban J connectivity index is 1.60. The van der Waals surface area contributed by atoms with E-state index in [-0.39, 0.29) is 0 Å². The number of rotatable bonds is 5. The van der Waals surface area contributed by atoms with Crippen LogP contribution in [0.1, 0.15) is 11.1 Å². The predicted octanol–water partition coefficient (Wildman–Crippen LogP) is 4.61. The van der Waals surface area contributed by atoms with Crippen molar-refractivity contribution in [3.05, 3.63) is 71.9 Å². The van der Waals surface area contributed by atoms with Crippen LogP contribution in [-0.4, -0.2) is 29.0 Å². The van der Waals surface area contributed by atoms with Crippen LogP contribution in [0.3, 0.4) is 0 Å². The zero-order chi connectivity index (χ0) is 18.8. The van der Waals surface area contributed by atoms with Gasteiger partial charge in [0.05, 0.1) is 5.52 Å². The Bertz CT molecular complexity index is 1060. The first-order chi connectivity index (χ1) is 13.1. The maximum Gasteiger partial charge on any atom is 0.154 e. The number of aromatic nitrogens is 3. The van der Waals surface area contributed by atoms with Crippen molar-refractivity contribution in [3.8, 4) is 11.4 Å². The van der Waals surface area contributed by atoms with E-state index in [0.29, 0.717) is 6.54 Å². The maximum atomic E-state index is 4.78. The van der Waals surface area contributed by atoms with Crippen LogP contribution in [0.4, 0.5) is 11.5 Å². The number of anilines is 2. The number of aryl methyl sites for hydroxylation is 1. The molecule has 2 aromatic heterocycles. The fourth-order valence-electron chi connectivity index (χ4n) is 3.04. The van der Waals surface area contributed by atoms with E-state index >= 15 is 0 Å². The molecule has 0 bridgehead atoms. The zero-order valence-corrected chi connectivity index (χ0v) is 15.8. The van der Waals surface area contributed by atoms with Crippen LogP contribution in [0.15, 0.2) is 60.8 Å². The molecular weight excluding hydrogens is 334 g/mol. The molecule has 0 aliphatic rings. The van der Waals surface area contributed by atoms with Crippen molar-refractivity contribution in [2.24, 2.45) is 0 Å². The topological polar surface area (TPSA) is 56.8 Å². The molecule has 0 aliphatic heterocycles. The van der Waals surface area contributed by atoms with Gasteiger partial charge in [0.2, 0.25) is 0 Å². The molecule has 2 heterocycles. The van der Waals surface area contributed by atoms with Crippen molar-refractivity contribution in [3.63, 3.8) is 0 Å². The number of benzene rings is 2. The standard InChI is InChI=1S/C22H23N5/c1-15-7-9-17(10-8-15)21-25-19-11-12-23-22(20(19)26-21)24-14-16-5-4-6-18(13-16)27(2)3/h4-13H,14H2,1-3H3,(H,23,24)(H,25,26). The van der Waals surface area contributed by atoms with E-state index in [0.717, 1.165) is 28.2 Å². The molecule has 0 radical (unpaired) electrons. The van der Waals surface area contributed by atoms with Crippen molar-refractivity contribution in [1.82, 2.24) is 15.0 Å². The van der Waals surface area contributed by atoms with Gasteiger partial charge < -0.3 is 15.2 Å². The Hall–Kier alpha value is -3.34. The molecule has 136 valence electrons. The molecule has 4 rings (SSSR count). The Kier molecular flexibility index (Phi) is 4.50. The number of pyridine rings is 1. The average molecular weight is 357 g/mol. The highest BCUT2D eigenvalue weighted by Gasteiger charge is 2.10. The molecule has 0 aliphatic carbocycles. The Morgan fingerprint density at radius 3 is 2.63 bits per heavy atom. The molecule has 2 N–H and O–H groups in total. The van der Waals surface area contributed by atoms with Gasteiger partial charge in [0.15, 0.2) is 5.82 Å². The van der Waals surface area contributed by atoms with Crippen LogP contribution in [0.5, 0.6) is 0 Å². The Morgan fingerprint density at radius 2 is 1.85 bits per heavy atom. The first-order valence-corrected chi connectivity index (χ1v) is 9.02. The fourth-order valence-corrected chi connectivity index (χ4v) is 3.04. The van der Waals surface area contributed by atoms with Gasteiger partial charge in [0, 0.05) is 38.1 Å². The molecule has 0 saturated carbocycles. The summed E-state index contributed by atoms with van der Waals surface area (Å²) in [7, 11) is 4.09. The lowest BCUT2D eigenvalue weighted by molar-refractivity contribution is 1.09. The molecular formula is C22H23N5. The van der Waals surface area contributed by atoms with E-state index < -0.39 is 0 Å². The lowest BCUT2D eigenvalue weighted by Crippen LogP contribution is -2.09. The van der Waals surface area contributed by atoms with E-state index in [2.05, 4.69) is 75.6 Å². The highest BCUT2D eigenvalue weighted by atomic mass is 15.1. The molecule has 5 heteroatoms. The molecule has 4 aromatic rings. The Labute approximate surface area is 159 Å². The van der Waals surface area contributed by atoms with Gasteiger partial charge in [-0.25, -0.2) is 9.97 Å². The van der Waals surface area contributed by atoms with E-state index in [9.17, 15) is 0 Å². The summed E-state index contributed by atoms with van der Waals surface area (Å²) in [6, 6.07) is 18.8. The van der Waals surface area contributed by atoms with Crippen molar-refractivity contribution in [1.29, 1.82) is 0 Å². The Morgan fingerprint density at radius 1 is 1.04 bits per heavy atom. The van der Waals surface area contributed by atoms with Crippen molar-refractivity contribution < 1.29 is 0 Å². The third-order valence-electron chi connectivity index (χ3n) is 4.61. The van der Waals surface area contributed by atoms with Crippen LogP contribution >= 0.6 is 0 Å². The number of fused-ring (bicyclic) bond motifs is 1. The second-order valence-electron chi connectivity index (χ2n) is 6.93. The molecule has 27 heavy (non-hydrogen) atoms. The molecule has 0 amide bonds. The molecule has 0 atom stereocenters. The SMILES string of the molecule is Cc1ccc(-c2nc3c(NCc4cccc(N(C)C)c4)nccc3[nH]2)cc1. The van der Waals surface area contributed by atoms with E-state index in [4.69, 9.17) is 4.98 Å². The summed E-state index contributed by atoms with van der Waals surface area (Å²) in [6.07, 6.45) is 1.80. The number of aromatic amines is 1. The normalized spacial score (nSPS) is 10.9. The quantitative estimate of drug-likeness (QED) is 0.547. The van der Waals surface area contributed by atoms with Gasteiger partial charge in [0.1, 0.15) is 11.3 Å². The molecule has 5 nitrogen and oxygen atoms in total. The molecule has 2 aromatic carbocycles. The number of H-pyrrole nitrogens is 1. The summed E-state index contributed by atoms with van der Waals surface area (Å²) >= 11 is 0. The van der Waals surface area contributed by atoms with Crippen LogP contribution < -0.4 is 10.2 Å². The molecule has 0 spiro atoms. The minimum atomic E-state index is 0.695. The van der Waals surface area contributed by atoms with Crippen LogP contribution in [0.2, 0.25) is 0 Å². The summed E-state index contributed by atoms with van der Waals surface area (Å²) in [5.41, 5.74) is 6.53. The first-order valence-electron chi connectivity index (χ1n) is 9.02. The van der Waals surface area contributed by atoms with Crippen LogP contribution in [0.25, 0.3) is 22.4 Å². The van der Waals surface area contributed by atoms with Crippen molar-refractivity contribution in [2.75, 3.05) is 24.3 Å². The fraction of sp³-hybridized carbons (Fsp3) is 0.182. The largest absolute Gasteiger partial charge is 0.378 e. The van der Waals surface area contributed by atoms with Gasteiger partial charge in [-0.15, -0.1) is 0 Å². The van der Waals surface area contributed by atoms with Gasteiger partial charge in [-0.3, -0.25) is 0 Å². The third-order valence-corrected chi connectivity index (χ3v) is 4.61. The van der Waals surface area contributed by atoms with Gasteiger partial charge in [0.25, 0.3) is 0 Å². The second-order valence-corrected chi connectivity index (χ2v) is 6.93. The van der Waals surface area contributed by atoms with Crippen LogP contribution in [0, 0.1) is 6.92 Å². The molecule has 0 unspecified atom stereocenters. The highest BCUT2D eigenvalue weighted by molar-refractivity contribution is 5.88. The van der Waals surface area contributed by atoms with Gasteiger partial charge in [-0.05, 0) is 30.7 Å². The van der Waals surface area contributed by atoms with Gasteiger partial charge >= 0.3 is 0 Å². The van der Waals surface area contributed by atoms with E-state index in [1.165, 1.54) is 16.8 Å². The molecule has 0 saturated heterocycles. The average Bonchev–Trinajstić information content (AvgIpc) is 3.12. The van der Waals surface area contributed by atoms with Crippen LogP contribution in [-0.2, 0) is 6.54 Å². The smallest absolute Gasteiger partial charge is 0.154 e. The summed E-state index contributed by atoms with van der Waals surface area (Å²) < 4.78 is 0. The second kappa shape index (κ2) is 7.11. The summed E-state index contributed by atoms with van der Waals surface area (Å²) in [5.74, 6) is 1.65. The van der Waals surface area contributed by atoms with Gasteiger partial charge in [-0.2, -0.15) is 0 Å². The minimum absolute atomic E-state index is 0.695. The summed E-state index contributed by atoms with van der Waals surface area (Å²) in [6.45, 7) is 2.78. The van der Waals surface area contributed by atoms with Crippen molar-refractivity contribution in [2.45, 2.75) is 13.5 Å². The number of nitrogens with one attached hydrogen (secondary N) is 2. The third kappa shape index (κ3) is 3.62. The van der Waals surface area contributed by atoms with Gasteiger partial charge in [-0.1, -0.05) is 42.0 Å². The van der Waals surface area contributed by atoms with Crippen molar-refractivity contribution >= 4 is 22.5 Å². The summed E-state index contributed by atoms with van der Waals surface area (Å²) in [5, 5.41) is 3.43. The monoisotopic (exact) mass is 357 g/mol.